The average molecular weight is 277 g/mol. The summed E-state index contributed by atoms with van der Waals surface area (Å²) < 4.78 is 5.58. The van der Waals surface area contributed by atoms with Crippen LogP contribution in [0.4, 0.5) is 0 Å². The topological polar surface area (TPSA) is 41.6 Å². The fraction of sp³-hybridized carbons (Fsp3) is 0.533. The SMILES string of the molecule is CSC[C@H]1CN[C@@H](C(=O)[C@H]2O[C@@H]2c2ccccc2)C1. The van der Waals surface area contributed by atoms with Gasteiger partial charge in [0, 0.05) is 0 Å². The molecule has 0 radical (unpaired) electrons. The van der Waals surface area contributed by atoms with Crippen LogP contribution in [0.2, 0.25) is 0 Å². The highest BCUT2D eigenvalue weighted by Crippen LogP contribution is 2.40. The van der Waals surface area contributed by atoms with Crippen LogP contribution in [0.5, 0.6) is 0 Å². The third-order valence-electron chi connectivity index (χ3n) is 3.87. The standard InChI is InChI=1S/C15H19NO2S/c1-19-9-10-7-12(16-8-10)13(17)15-14(18-15)11-5-3-2-4-6-11/h2-6,10,12,14-16H,7-9H2,1H3/t10-,12-,14-,15-/m1/s1. The second-order valence-electron chi connectivity index (χ2n) is 5.31. The Bertz CT molecular complexity index is 451. The lowest BCUT2D eigenvalue weighted by atomic mass is 10.00. The third kappa shape index (κ3) is 2.86. The summed E-state index contributed by atoms with van der Waals surface area (Å²) in [6, 6.07) is 10.00. The molecule has 0 aliphatic carbocycles. The molecule has 3 rings (SSSR count). The summed E-state index contributed by atoms with van der Waals surface area (Å²) in [5.74, 6) is 1.99. The fourth-order valence-electron chi connectivity index (χ4n) is 2.81. The maximum absolute atomic E-state index is 12.3. The van der Waals surface area contributed by atoms with E-state index in [0.717, 1.165) is 24.3 Å². The minimum Gasteiger partial charge on any atom is -0.356 e. The molecule has 0 aromatic heterocycles. The Morgan fingerprint density at radius 3 is 2.95 bits per heavy atom. The summed E-state index contributed by atoms with van der Waals surface area (Å²) in [4.78, 5) is 12.3. The molecule has 0 unspecified atom stereocenters. The van der Waals surface area contributed by atoms with Gasteiger partial charge < -0.3 is 10.1 Å². The van der Waals surface area contributed by atoms with Crippen LogP contribution in [0.25, 0.3) is 0 Å². The second-order valence-corrected chi connectivity index (χ2v) is 6.22. The van der Waals surface area contributed by atoms with Crippen molar-refractivity contribution in [3.05, 3.63) is 35.9 Å². The van der Waals surface area contributed by atoms with E-state index in [1.807, 2.05) is 42.1 Å². The van der Waals surface area contributed by atoms with Crippen molar-refractivity contribution in [1.29, 1.82) is 0 Å². The van der Waals surface area contributed by atoms with Crippen LogP contribution in [-0.2, 0) is 9.53 Å². The first kappa shape index (κ1) is 13.2. The van der Waals surface area contributed by atoms with Crippen LogP contribution in [0.1, 0.15) is 18.1 Å². The number of benzene rings is 1. The molecule has 3 nitrogen and oxygen atoms in total. The Labute approximate surface area is 118 Å². The largest absolute Gasteiger partial charge is 0.356 e. The molecule has 1 aromatic carbocycles. The van der Waals surface area contributed by atoms with Gasteiger partial charge in [0.05, 0.1) is 6.04 Å². The van der Waals surface area contributed by atoms with Crippen LogP contribution in [-0.4, -0.2) is 36.5 Å². The van der Waals surface area contributed by atoms with Crippen molar-refractivity contribution in [2.45, 2.75) is 24.7 Å². The predicted octanol–water partition coefficient (Wildman–Crippen LogP) is 2.04. The minimum absolute atomic E-state index is 0.00383. The Balaban J connectivity index is 1.56. The van der Waals surface area contributed by atoms with Gasteiger partial charge >= 0.3 is 0 Å². The molecular weight excluding hydrogens is 258 g/mol. The zero-order valence-corrected chi connectivity index (χ0v) is 11.9. The summed E-state index contributed by atoms with van der Waals surface area (Å²) in [6.45, 7) is 0.958. The lowest BCUT2D eigenvalue weighted by molar-refractivity contribution is -0.121. The van der Waals surface area contributed by atoms with Gasteiger partial charge in [0.15, 0.2) is 5.78 Å². The number of nitrogens with one attached hydrogen (secondary N) is 1. The van der Waals surface area contributed by atoms with Gasteiger partial charge in [-0.1, -0.05) is 30.3 Å². The summed E-state index contributed by atoms with van der Waals surface area (Å²) in [5.41, 5.74) is 1.11. The maximum Gasteiger partial charge on any atom is 0.181 e. The molecule has 0 spiro atoms. The zero-order valence-electron chi connectivity index (χ0n) is 11.0. The lowest BCUT2D eigenvalue weighted by Crippen LogP contribution is -2.34. The molecule has 2 fully saturated rings. The first-order valence-electron chi connectivity index (χ1n) is 6.76. The Morgan fingerprint density at radius 1 is 1.42 bits per heavy atom. The van der Waals surface area contributed by atoms with Crippen LogP contribution in [0.3, 0.4) is 0 Å². The molecule has 102 valence electrons. The number of rotatable bonds is 5. The first-order valence-corrected chi connectivity index (χ1v) is 8.15. The van der Waals surface area contributed by atoms with Crippen molar-refractivity contribution in [2.75, 3.05) is 18.6 Å². The van der Waals surface area contributed by atoms with Crippen LogP contribution >= 0.6 is 11.8 Å². The van der Waals surface area contributed by atoms with Crippen molar-refractivity contribution in [3.63, 3.8) is 0 Å². The Morgan fingerprint density at radius 2 is 2.21 bits per heavy atom. The van der Waals surface area contributed by atoms with Crippen molar-refractivity contribution >= 4 is 17.5 Å². The van der Waals surface area contributed by atoms with Gasteiger partial charge in [-0.15, -0.1) is 0 Å². The number of hydrogen-bond acceptors (Lipinski definition) is 4. The Hall–Kier alpha value is -0.840. The zero-order chi connectivity index (χ0) is 13.2. The average Bonchev–Trinajstić information content (AvgIpc) is 3.12. The first-order chi connectivity index (χ1) is 9.29. The van der Waals surface area contributed by atoms with Gasteiger partial charge in [0.1, 0.15) is 12.2 Å². The van der Waals surface area contributed by atoms with Crippen molar-refractivity contribution in [3.8, 4) is 0 Å². The van der Waals surface area contributed by atoms with Crippen LogP contribution in [0, 0.1) is 5.92 Å². The van der Waals surface area contributed by atoms with E-state index in [2.05, 4.69) is 11.6 Å². The number of carbonyl (C=O) groups excluding carboxylic acids is 1. The summed E-state index contributed by atoms with van der Waals surface area (Å²) >= 11 is 1.85. The summed E-state index contributed by atoms with van der Waals surface area (Å²) in [7, 11) is 0. The van der Waals surface area contributed by atoms with Gasteiger partial charge in [-0.25, -0.2) is 0 Å². The third-order valence-corrected chi connectivity index (χ3v) is 4.67. The van der Waals surface area contributed by atoms with E-state index in [1.54, 1.807) is 0 Å². The quantitative estimate of drug-likeness (QED) is 0.836. The maximum atomic E-state index is 12.3. The molecule has 19 heavy (non-hydrogen) atoms. The van der Waals surface area contributed by atoms with E-state index in [0.29, 0.717) is 5.92 Å². The minimum atomic E-state index is -0.229. The number of epoxide rings is 1. The number of hydrogen-bond donors (Lipinski definition) is 1. The van der Waals surface area contributed by atoms with Crippen molar-refractivity contribution in [1.82, 2.24) is 5.32 Å². The molecule has 2 aliphatic rings. The molecule has 2 saturated heterocycles. The van der Waals surface area contributed by atoms with E-state index in [9.17, 15) is 4.79 Å². The molecule has 4 heteroatoms. The van der Waals surface area contributed by atoms with Gasteiger partial charge in [0.25, 0.3) is 0 Å². The molecule has 0 amide bonds. The van der Waals surface area contributed by atoms with Gasteiger partial charge in [-0.05, 0) is 36.5 Å². The molecule has 2 heterocycles. The van der Waals surface area contributed by atoms with E-state index in [4.69, 9.17) is 4.74 Å². The normalized spacial score (nSPS) is 33.3. The highest BCUT2D eigenvalue weighted by atomic mass is 32.2. The number of Topliss-reactive ketones (excluding diaryl/α,β-unsaturated/α-hetero) is 1. The number of ketones is 1. The molecular formula is C15H19NO2S. The molecule has 0 saturated carbocycles. The summed E-state index contributed by atoms with van der Waals surface area (Å²) in [5, 5.41) is 3.34. The van der Waals surface area contributed by atoms with E-state index < -0.39 is 0 Å². The molecule has 0 bridgehead atoms. The molecule has 2 aliphatic heterocycles. The fourth-order valence-corrected chi connectivity index (χ4v) is 3.54. The second kappa shape index (κ2) is 5.65. The number of thioether (sulfide) groups is 1. The van der Waals surface area contributed by atoms with E-state index in [1.165, 1.54) is 0 Å². The van der Waals surface area contributed by atoms with Gasteiger partial charge in [-0.2, -0.15) is 11.8 Å². The van der Waals surface area contributed by atoms with Gasteiger partial charge in [0.2, 0.25) is 0 Å². The van der Waals surface area contributed by atoms with Crippen LogP contribution < -0.4 is 5.32 Å². The number of ether oxygens (including phenoxy) is 1. The van der Waals surface area contributed by atoms with E-state index >= 15 is 0 Å². The molecule has 4 atom stereocenters. The predicted molar refractivity (Wildman–Crippen MR) is 77.3 cm³/mol. The summed E-state index contributed by atoms with van der Waals surface area (Å²) in [6.07, 6.45) is 2.83. The van der Waals surface area contributed by atoms with Crippen molar-refractivity contribution < 1.29 is 9.53 Å². The van der Waals surface area contributed by atoms with Crippen molar-refractivity contribution in [2.24, 2.45) is 5.92 Å². The number of carbonyl (C=O) groups is 1. The molecule has 1 N–H and O–H groups in total. The van der Waals surface area contributed by atoms with Gasteiger partial charge in [-0.3, -0.25) is 4.79 Å². The van der Waals surface area contributed by atoms with E-state index in [-0.39, 0.29) is 24.0 Å². The highest BCUT2D eigenvalue weighted by molar-refractivity contribution is 7.98. The Kier molecular flexibility index (Phi) is 3.91. The highest BCUT2D eigenvalue weighted by Gasteiger charge is 2.49. The smallest absolute Gasteiger partial charge is 0.181 e. The van der Waals surface area contributed by atoms with Crippen LogP contribution in [0.15, 0.2) is 30.3 Å². The monoisotopic (exact) mass is 277 g/mol. The lowest BCUT2D eigenvalue weighted by Gasteiger charge is -2.07. The molecule has 1 aromatic rings.